The number of nitrogens with zero attached hydrogens (tertiary/aromatic N) is 1. The number of nitrogens with one attached hydrogen (secondary N) is 1. The summed E-state index contributed by atoms with van der Waals surface area (Å²) in [6, 6.07) is 5.52. The molecule has 1 aromatic rings. The molecule has 1 aromatic carbocycles. The van der Waals surface area contributed by atoms with Crippen molar-refractivity contribution >= 4 is 0 Å². The number of hydrogen-bond acceptors (Lipinski definition) is 21. The minimum Gasteiger partial charge on any atom is -0.394 e. The van der Waals surface area contributed by atoms with Crippen LogP contribution < -0.4 is 34.0 Å². The van der Waals surface area contributed by atoms with Crippen LogP contribution in [0.3, 0.4) is 0 Å². The minimum atomic E-state index is -1.56. The van der Waals surface area contributed by atoms with Gasteiger partial charge in [-0.3, -0.25) is 0 Å². The van der Waals surface area contributed by atoms with E-state index in [4.69, 9.17) is 61.8 Å². The van der Waals surface area contributed by atoms with Crippen LogP contribution in [0.15, 0.2) is 35.5 Å². The summed E-state index contributed by atoms with van der Waals surface area (Å²) in [6.07, 6.45) is -19.5. The molecule has 302 valence electrons. The molecule has 4 aliphatic rings. The van der Waals surface area contributed by atoms with Crippen LogP contribution >= 0.6 is 0 Å². The van der Waals surface area contributed by atoms with E-state index in [2.05, 4.69) is 10.5 Å². The third-order valence-electron chi connectivity index (χ3n) is 10.1. The fourth-order valence-corrected chi connectivity index (χ4v) is 6.96. The zero-order chi connectivity index (χ0) is 38.4. The first-order chi connectivity index (χ1) is 25.4. The van der Waals surface area contributed by atoms with Gasteiger partial charge in [0.25, 0.3) is 0 Å². The van der Waals surface area contributed by atoms with Crippen molar-refractivity contribution in [3.63, 3.8) is 0 Å². The van der Waals surface area contributed by atoms with Gasteiger partial charge in [0, 0.05) is 18.6 Å². The summed E-state index contributed by atoms with van der Waals surface area (Å²) < 4.78 is 42.2. The second-order valence-electron chi connectivity index (χ2n) is 13.8. The molecule has 0 aromatic heterocycles. The Kier molecular flexibility index (Phi) is 15.4. The van der Waals surface area contributed by atoms with E-state index < -0.39 is 130 Å². The van der Waals surface area contributed by atoms with Crippen LogP contribution in [0, 0.1) is 4.91 Å². The quantitative estimate of drug-likeness (QED) is 0.0550. The highest BCUT2D eigenvalue weighted by molar-refractivity contribution is 5.14. The minimum absolute atomic E-state index is 0.0641. The number of aliphatic hydroxyl groups excluding tert-OH is 6. The van der Waals surface area contributed by atoms with Crippen LogP contribution in [0.4, 0.5) is 0 Å². The Bertz CT molecular complexity index is 1270. The number of ether oxygens (including phenoxy) is 7. The van der Waals surface area contributed by atoms with Crippen molar-refractivity contribution in [1.82, 2.24) is 5.32 Å². The van der Waals surface area contributed by atoms with Crippen molar-refractivity contribution in [1.29, 1.82) is 0 Å². The molecule has 21 heteroatoms. The van der Waals surface area contributed by atoms with Gasteiger partial charge in [-0.05, 0) is 24.9 Å². The van der Waals surface area contributed by atoms with E-state index >= 15 is 0 Å². The lowest BCUT2D eigenvalue weighted by molar-refractivity contribution is -0.308. The summed E-state index contributed by atoms with van der Waals surface area (Å²) in [4.78, 5) is 11.0. The van der Waals surface area contributed by atoms with Gasteiger partial charge in [-0.25, -0.2) is 0 Å². The van der Waals surface area contributed by atoms with Crippen LogP contribution in [0.2, 0.25) is 0 Å². The molecule has 0 bridgehead atoms. The second-order valence-corrected chi connectivity index (χ2v) is 13.8. The van der Waals surface area contributed by atoms with E-state index in [0.29, 0.717) is 13.1 Å². The molecular weight excluding hydrogens is 706 g/mol. The smallest absolute Gasteiger partial charge is 0.187 e. The zero-order valence-corrected chi connectivity index (χ0v) is 29.1. The summed E-state index contributed by atoms with van der Waals surface area (Å²) >= 11 is 0. The number of aliphatic hydroxyl groups is 6. The molecule has 0 radical (unpaired) electrons. The first kappa shape index (κ1) is 42.2. The highest BCUT2D eigenvalue weighted by atomic mass is 16.8. The van der Waals surface area contributed by atoms with Crippen molar-refractivity contribution in [3.8, 4) is 0 Å². The summed E-state index contributed by atoms with van der Waals surface area (Å²) in [5.41, 5.74) is 32.0. The lowest BCUT2D eigenvalue weighted by Gasteiger charge is -2.47. The van der Waals surface area contributed by atoms with E-state index in [1.165, 1.54) is 0 Å². The van der Waals surface area contributed by atoms with E-state index in [9.17, 15) is 35.5 Å². The van der Waals surface area contributed by atoms with Crippen molar-refractivity contribution in [3.05, 3.63) is 40.8 Å². The number of hydrogen-bond donors (Lipinski definition) is 12. The third-order valence-corrected chi connectivity index (χ3v) is 10.1. The topological polar surface area (TPSA) is 358 Å². The number of rotatable bonds is 16. The van der Waals surface area contributed by atoms with Crippen molar-refractivity contribution in [2.24, 2.45) is 33.8 Å². The third kappa shape index (κ3) is 9.90. The van der Waals surface area contributed by atoms with E-state index in [1.807, 2.05) is 30.3 Å². The summed E-state index contributed by atoms with van der Waals surface area (Å²) in [6.45, 7) is -0.0213. The van der Waals surface area contributed by atoms with Crippen molar-refractivity contribution in [2.45, 2.75) is 129 Å². The standard InChI is InChI=1S/C32H55N7O14/c33-14-10-15(34)25(50-30-18(35)22(43)21(42)16(48-30)11-39-46)27(20(14)41)52-32-28(47-9-8-38-7-6-13-4-2-1-3-5-13)26(17(12-40)49-32)51-31-19(36)23(44)24(45)29(37)53-31/h1-5,14-32,38,40-45H,6-12,33-37H2. The molecule has 19 atom stereocenters. The van der Waals surface area contributed by atoms with Gasteiger partial charge in [0.1, 0.15) is 73.8 Å². The Morgan fingerprint density at radius 1 is 0.698 bits per heavy atom. The molecule has 19 unspecified atom stereocenters. The molecular formula is C32H55N7O14. The summed E-state index contributed by atoms with van der Waals surface area (Å²) in [7, 11) is 0. The molecule has 4 fully saturated rings. The normalized spacial score (nSPS) is 44.9. The Labute approximate surface area is 305 Å². The SMILES string of the molecule is NC1CC(N)C(OC2OC(CN=O)C(O)C(O)C2N)C(OC2OC(CO)C(OC3OC(N)C(O)C(O)C3N)C2OCCNCCc2ccccc2)C1O. The number of nitrogens with two attached hydrogens (primary N) is 5. The van der Waals surface area contributed by atoms with Gasteiger partial charge in [0.15, 0.2) is 18.9 Å². The molecule has 5 rings (SSSR count). The van der Waals surface area contributed by atoms with Crippen LogP contribution in [-0.4, -0.2) is 180 Å². The summed E-state index contributed by atoms with van der Waals surface area (Å²) in [5.74, 6) is 0. The van der Waals surface area contributed by atoms with Crippen molar-refractivity contribution < 1.29 is 63.8 Å². The number of benzene rings is 1. The molecule has 3 saturated heterocycles. The maximum absolute atomic E-state index is 11.3. The molecule has 3 heterocycles. The monoisotopic (exact) mass is 761 g/mol. The molecule has 3 aliphatic heterocycles. The lowest BCUT2D eigenvalue weighted by atomic mass is 9.84. The van der Waals surface area contributed by atoms with Gasteiger partial charge in [-0.15, -0.1) is 0 Å². The highest BCUT2D eigenvalue weighted by Gasteiger charge is 2.55. The summed E-state index contributed by atoms with van der Waals surface area (Å²) in [5, 5.41) is 69.3. The molecule has 1 aliphatic carbocycles. The average molecular weight is 762 g/mol. The Balaban J connectivity index is 1.34. The Morgan fingerprint density at radius 2 is 1.32 bits per heavy atom. The molecule has 53 heavy (non-hydrogen) atoms. The molecule has 0 spiro atoms. The fourth-order valence-electron chi connectivity index (χ4n) is 6.96. The molecule has 0 amide bonds. The van der Waals surface area contributed by atoms with Gasteiger partial charge in [-0.1, -0.05) is 35.5 Å². The van der Waals surface area contributed by atoms with Gasteiger partial charge < -0.3 is 97.8 Å². The predicted molar refractivity (Wildman–Crippen MR) is 182 cm³/mol. The Hall–Kier alpha value is -1.94. The maximum Gasteiger partial charge on any atom is 0.187 e. The van der Waals surface area contributed by atoms with Crippen LogP contribution in [0.5, 0.6) is 0 Å². The molecule has 1 saturated carbocycles. The van der Waals surface area contributed by atoms with Crippen LogP contribution in [0.25, 0.3) is 0 Å². The Morgan fingerprint density at radius 3 is 2.00 bits per heavy atom. The van der Waals surface area contributed by atoms with Crippen LogP contribution in [0.1, 0.15) is 12.0 Å². The molecule has 21 nitrogen and oxygen atoms in total. The van der Waals surface area contributed by atoms with Crippen LogP contribution in [-0.2, 0) is 39.6 Å². The molecule has 17 N–H and O–H groups in total. The van der Waals surface area contributed by atoms with Gasteiger partial charge in [0.05, 0.1) is 31.4 Å². The largest absolute Gasteiger partial charge is 0.394 e. The van der Waals surface area contributed by atoms with E-state index in [1.54, 1.807) is 0 Å². The number of nitroso groups, excluding NO2 is 1. The maximum atomic E-state index is 11.3. The zero-order valence-electron chi connectivity index (χ0n) is 29.1. The first-order valence-corrected chi connectivity index (χ1v) is 17.7. The van der Waals surface area contributed by atoms with Crippen molar-refractivity contribution in [2.75, 3.05) is 32.8 Å². The fraction of sp³-hybridized carbons (Fsp3) is 0.812. The highest BCUT2D eigenvalue weighted by Crippen LogP contribution is 2.35. The lowest BCUT2D eigenvalue weighted by Crippen LogP contribution is -2.68. The average Bonchev–Trinajstić information content (AvgIpc) is 3.47. The van der Waals surface area contributed by atoms with Gasteiger partial charge in [-0.2, -0.15) is 4.91 Å². The predicted octanol–water partition coefficient (Wildman–Crippen LogP) is -6.27. The van der Waals surface area contributed by atoms with E-state index in [-0.39, 0.29) is 13.0 Å². The van der Waals surface area contributed by atoms with E-state index in [0.717, 1.165) is 12.0 Å². The van der Waals surface area contributed by atoms with Gasteiger partial charge >= 0.3 is 0 Å². The second kappa shape index (κ2) is 19.3. The first-order valence-electron chi connectivity index (χ1n) is 17.7. The van der Waals surface area contributed by atoms with Gasteiger partial charge in [0.2, 0.25) is 0 Å².